The molecule has 0 fully saturated rings. The Hall–Kier alpha value is -4.13. The normalized spacial score (nSPS) is 10.7. The Morgan fingerprint density at radius 1 is 0.844 bits per heavy atom. The monoisotopic (exact) mass is 430 g/mol. The zero-order valence-corrected chi connectivity index (χ0v) is 18.0. The smallest absolute Gasteiger partial charge is 0.269 e. The molecule has 7 nitrogen and oxygen atoms in total. The summed E-state index contributed by atoms with van der Waals surface area (Å²) >= 11 is 0. The van der Waals surface area contributed by atoms with Gasteiger partial charge >= 0.3 is 0 Å². The molecule has 0 N–H and O–H groups in total. The van der Waals surface area contributed by atoms with Crippen molar-refractivity contribution < 1.29 is 19.1 Å². The van der Waals surface area contributed by atoms with E-state index in [1.54, 1.807) is 39.7 Å². The van der Waals surface area contributed by atoms with E-state index in [9.17, 15) is 10.1 Å². The van der Waals surface area contributed by atoms with Gasteiger partial charge in [-0.3, -0.25) is 15.1 Å². The summed E-state index contributed by atoms with van der Waals surface area (Å²) in [6, 6.07) is 18.2. The summed E-state index contributed by atoms with van der Waals surface area (Å²) in [6.07, 6.45) is 2.38. The van der Waals surface area contributed by atoms with Crippen LogP contribution in [0.25, 0.3) is 21.9 Å². The molecule has 0 aliphatic heterocycles. The summed E-state index contributed by atoms with van der Waals surface area (Å²) in [5.74, 6) is 2.03. The van der Waals surface area contributed by atoms with Crippen molar-refractivity contribution in [1.82, 2.24) is 4.98 Å². The maximum absolute atomic E-state index is 11.0. The van der Waals surface area contributed by atoms with Gasteiger partial charge in [0.25, 0.3) is 5.69 Å². The number of rotatable bonds is 7. The van der Waals surface area contributed by atoms with Crippen LogP contribution in [0.5, 0.6) is 17.2 Å². The minimum absolute atomic E-state index is 0.0457. The first-order chi connectivity index (χ1) is 15.5. The van der Waals surface area contributed by atoms with Crippen molar-refractivity contribution in [1.29, 1.82) is 0 Å². The topological polar surface area (TPSA) is 83.7 Å². The molecule has 4 aromatic rings. The first kappa shape index (κ1) is 21.1. The quantitative estimate of drug-likeness (QED) is 0.287. The minimum atomic E-state index is -0.410. The summed E-state index contributed by atoms with van der Waals surface area (Å²) in [5, 5.41) is 13.0. The van der Waals surface area contributed by atoms with Crippen LogP contribution in [0.1, 0.15) is 11.3 Å². The number of nitro groups is 1. The van der Waals surface area contributed by atoms with E-state index in [-0.39, 0.29) is 5.69 Å². The molecule has 0 unspecified atom stereocenters. The molecule has 0 spiro atoms. The van der Waals surface area contributed by atoms with E-state index >= 15 is 0 Å². The molecule has 1 heterocycles. The van der Waals surface area contributed by atoms with Crippen molar-refractivity contribution in [2.45, 2.75) is 6.42 Å². The second-order valence-corrected chi connectivity index (χ2v) is 7.20. The molecule has 0 aliphatic rings. The number of nitro benzene ring substituents is 1. The van der Waals surface area contributed by atoms with Crippen LogP contribution in [-0.4, -0.2) is 31.2 Å². The van der Waals surface area contributed by atoms with Crippen LogP contribution in [0.3, 0.4) is 0 Å². The first-order valence-electron chi connectivity index (χ1n) is 9.95. The summed E-state index contributed by atoms with van der Waals surface area (Å²) in [6.45, 7) is 0. The fourth-order valence-electron chi connectivity index (χ4n) is 3.74. The molecule has 0 atom stereocenters. The Morgan fingerprint density at radius 3 is 2.22 bits per heavy atom. The van der Waals surface area contributed by atoms with E-state index in [0.717, 1.165) is 33.2 Å². The zero-order valence-electron chi connectivity index (χ0n) is 18.0. The first-order valence-corrected chi connectivity index (χ1v) is 9.95. The van der Waals surface area contributed by atoms with Crippen LogP contribution < -0.4 is 14.2 Å². The van der Waals surface area contributed by atoms with E-state index in [1.165, 1.54) is 12.1 Å². The highest BCUT2D eigenvalue weighted by molar-refractivity contribution is 5.92. The molecule has 162 valence electrons. The van der Waals surface area contributed by atoms with Crippen molar-refractivity contribution >= 4 is 16.5 Å². The van der Waals surface area contributed by atoms with Gasteiger partial charge in [-0.2, -0.15) is 0 Å². The molecule has 0 aliphatic carbocycles. The van der Waals surface area contributed by atoms with E-state index < -0.39 is 4.92 Å². The summed E-state index contributed by atoms with van der Waals surface area (Å²) in [7, 11) is 4.83. The number of pyridine rings is 1. The molecule has 7 heteroatoms. The largest absolute Gasteiger partial charge is 0.496 e. The number of hydrogen-bond donors (Lipinski definition) is 0. The van der Waals surface area contributed by atoms with Gasteiger partial charge in [-0.15, -0.1) is 0 Å². The van der Waals surface area contributed by atoms with Gasteiger partial charge in [0, 0.05) is 35.7 Å². The fourth-order valence-corrected chi connectivity index (χ4v) is 3.74. The van der Waals surface area contributed by atoms with Crippen LogP contribution in [0.15, 0.2) is 66.9 Å². The molecule has 0 bridgehead atoms. The lowest BCUT2D eigenvalue weighted by atomic mass is 9.97. The lowest BCUT2D eigenvalue weighted by Crippen LogP contribution is -1.97. The summed E-state index contributed by atoms with van der Waals surface area (Å²) in [5.41, 5.74) is 3.66. The van der Waals surface area contributed by atoms with E-state index in [1.807, 2.05) is 36.4 Å². The highest BCUT2D eigenvalue weighted by Gasteiger charge is 2.14. The second kappa shape index (κ2) is 8.93. The Balaban J connectivity index is 1.79. The number of fused-ring (bicyclic) bond motifs is 1. The molecule has 32 heavy (non-hydrogen) atoms. The molecule has 0 saturated heterocycles. The zero-order chi connectivity index (χ0) is 22.7. The summed E-state index contributed by atoms with van der Waals surface area (Å²) in [4.78, 5) is 15.2. The molecule has 0 amide bonds. The van der Waals surface area contributed by atoms with Gasteiger partial charge in [-0.25, -0.2) is 0 Å². The standard InChI is InChI=1S/C25H22N2O5/c1-30-23-9-4-16(13-25(23)32-3)12-22-20-15-21(17-5-7-19(8-6-17)27(28)29)24(31-2)14-18(20)10-11-26-22/h4-11,13-15H,12H2,1-3H3. The lowest BCUT2D eigenvalue weighted by molar-refractivity contribution is -0.384. The average molecular weight is 430 g/mol. The van der Waals surface area contributed by atoms with Crippen molar-refractivity contribution in [3.63, 3.8) is 0 Å². The summed E-state index contributed by atoms with van der Waals surface area (Å²) < 4.78 is 16.4. The third-order valence-corrected chi connectivity index (χ3v) is 5.38. The van der Waals surface area contributed by atoms with Crippen LogP contribution in [0.4, 0.5) is 5.69 Å². The number of benzene rings is 3. The van der Waals surface area contributed by atoms with Crippen molar-refractivity contribution in [3.05, 3.63) is 88.2 Å². The maximum atomic E-state index is 11.0. The Morgan fingerprint density at radius 2 is 1.56 bits per heavy atom. The van der Waals surface area contributed by atoms with Crippen molar-refractivity contribution in [3.8, 4) is 28.4 Å². The number of non-ortho nitro benzene ring substituents is 1. The third-order valence-electron chi connectivity index (χ3n) is 5.38. The molecule has 3 aromatic carbocycles. The van der Waals surface area contributed by atoms with Crippen LogP contribution >= 0.6 is 0 Å². The Labute approximate surface area is 185 Å². The highest BCUT2D eigenvalue weighted by atomic mass is 16.6. The number of ether oxygens (including phenoxy) is 3. The third kappa shape index (κ3) is 4.05. The van der Waals surface area contributed by atoms with E-state index in [2.05, 4.69) is 4.98 Å². The highest BCUT2D eigenvalue weighted by Crippen LogP contribution is 2.36. The number of hydrogen-bond acceptors (Lipinski definition) is 6. The van der Waals surface area contributed by atoms with Gasteiger partial charge in [-0.05, 0) is 59.0 Å². The van der Waals surface area contributed by atoms with Gasteiger partial charge in [0.1, 0.15) is 5.75 Å². The molecule has 4 rings (SSSR count). The predicted molar refractivity (Wildman–Crippen MR) is 123 cm³/mol. The van der Waals surface area contributed by atoms with Crippen molar-refractivity contribution in [2.24, 2.45) is 0 Å². The lowest BCUT2D eigenvalue weighted by Gasteiger charge is -2.14. The Bertz CT molecular complexity index is 1290. The van der Waals surface area contributed by atoms with Crippen LogP contribution in [-0.2, 0) is 6.42 Å². The molecule has 0 radical (unpaired) electrons. The van der Waals surface area contributed by atoms with Gasteiger partial charge in [0.05, 0.1) is 31.9 Å². The van der Waals surface area contributed by atoms with Crippen LogP contribution in [0.2, 0.25) is 0 Å². The van der Waals surface area contributed by atoms with Gasteiger partial charge < -0.3 is 14.2 Å². The van der Waals surface area contributed by atoms with E-state index in [0.29, 0.717) is 23.7 Å². The number of aromatic nitrogens is 1. The molecular formula is C25H22N2O5. The second-order valence-electron chi connectivity index (χ2n) is 7.20. The Kier molecular flexibility index (Phi) is 5.89. The van der Waals surface area contributed by atoms with Gasteiger partial charge in [0.2, 0.25) is 0 Å². The maximum Gasteiger partial charge on any atom is 0.269 e. The average Bonchev–Trinajstić information content (AvgIpc) is 2.83. The van der Waals surface area contributed by atoms with E-state index in [4.69, 9.17) is 14.2 Å². The van der Waals surface area contributed by atoms with Crippen LogP contribution in [0, 0.1) is 10.1 Å². The molecular weight excluding hydrogens is 408 g/mol. The number of nitrogens with zero attached hydrogens (tertiary/aromatic N) is 2. The van der Waals surface area contributed by atoms with Gasteiger partial charge in [-0.1, -0.05) is 6.07 Å². The molecule has 1 aromatic heterocycles. The van der Waals surface area contributed by atoms with Gasteiger partial charge in [0.15, 0.2) is 11.5 Å². The predicted octanol–water partition coefficient (Wildman–Crippen LogP) is 5.43. The molecule has 0 saturated carbocycles. The minimum Gasteiger partial charge on any atom is -0.496 e. The SMILES string of the molecule is COc1ccc(Cc2nccc3cc(OC)c(-c4ccc([N+](=O)[O-])cc4)cc23)cc1OC. The van der Waals surface area contributed by atoms with Crippen molar-refractivity contribution in [2.75, 3.05) is 21.3 Å². The fraction of sp³-hybridized carbons (Fsp3) is 0.160. The number of methoxy groups -OCH3 is 3.